The Morgan fingerprint density at radius 2 is 2.08 bits per heavy atom. The highest BCUT2D eigenvalue weighted by molar-refractivity contribution is 9.10. The molecular formula is C18H18BrN5. The number of benzene rings is 1. The lowest BCUT2D eigenvalue weighted by atomic mass is 9.80. The molecule has 2 heterocycles. The fourth-order valence-electron chi connectivity index (χ4n) is 3.27. The van der Waals surface area contributed by atoms with Crippen LogP contribution in [0.1, 0.15) is 25.3 Å². The summed E-state index contributed by atoms with van der Waals surface area (Å²) in [5.41, 5.74) is 7.08. The van der Waals surface area contributed by atoms with Crippen LogP contribution in [0.4, 0.5) is 0 Å². The number of halogens is 1. The van der Waals surface area contributed by atoms with Crippen molar-refractivity contribution >= 4 is 15.9 Å². The Morgan fingerprint density at radius 1 is 1.33 bits per heavy atom. The molecule has 2 aliphatic heterocycles. The van der Waals surface area contributed by atoms with Crippen LogP contribution < -0.4 is 10.7 Å². The Bertz CT molecular complexity index is 809. The smallest absolute Gasteiger partial charge is 0.123 e. The highest BCUT2D eigenvalue weighted by Crippen LogP contribution is 2.43. The van der Waals surface area contributed by atoms with Gasteiger partial charge >= 0.3 is 0 Å². The third-order valence-corrected chi connectivity index (χ3v) is 5.08. The molecule has 0 spiro atoms. The fourth-order valence-corrected chi connectivity index (χ4v) is 3.78. The summed E-state index contributed by atoms with van der Waals surface area (Å²) < 4.78 is 0.985. The maximum absolute atomic E-state index is 9.85. The van der Waals surface area contributed by atoms with Crippen molar-refractivity contribution in [1.82, 2.24) is 15.8 Å². The van der Waals surface area contributed by atoms with Crippen LogP contribution in [-0.2, 0) is 0 Å². The molecule has 0 amide bonds. The lowest BCUT2D eigenvalue weighted by Crippen LogP contribution is -2.38. The largest absolute Gasteiger partial charge is 0.343 e. The van der Waals surface area contributed by atoms with E-state index in [1.54, 1.807) is 0 Å². The van der Waals surface area contributed by atoms with Gasteiger partial charge in [-0.05, 0) is 17.5 Å². The number of hydrazine groups is 1. The van der Waals surface area contributed by atoms with Gasteiger partial charge < -0.3 is 5.32 Å². The second-order valence-electron chi connectivity index (χ2n) is 6.13. The van der Waals surface area contributed by atoms with Gasteiger partial charge in [0, 0.05) is 28.2 Å². The molecular weight excluding hydrogens is 366 g/mol. The first-order chi connectivity index (χ1) is 11.6. The van der Waals surface area contributed by atoms with Gasteiger partial charge in [-0.1, -0.05) is 48.0 Å². The van der Waals surface area contributed by atoms with E-state index in [9.17, 15) is 5.26 Å². The minimum absolute atomic E-state index is 0.115. The van der Waals surface area contributed by atoms with Crippen molar-refractivity contribution in [2.75, 3.05) is 13.1 Å². The molecule has 0 saturated carbocycles. The van der Waals surface area contributed by atoms with E-state index in [0.717, 1.165) is 32.7 Å². The van der Waals surface area contributed by atoms with E-state index in [4.69, 9.17) is 5.26 Å². The number of allylic oxidation sites excluding steroid dienone is 2. The van der Waals surface area contributed by atoms with Gasteiger partial charge in [0.15, 0.2) is 0 Å². The summed E-state index contributed by atoms with van der Waals surface area (Å²) >= 11 is 3.63. The minimum atomic E-state index is -0.115. The number of hydrogen-bond acceptors (Lipinski definition) is 5. The number of rotatable bonds is 3. The molecule has 0 aromatic heterocycles. The van der Waals surface area contributed by atoms with Crippen molar-refractivity contribution in [2.45, 2.75) is 19.8 Å². The minimum Gasteiger partial charge on any atom is -0.343 e. The molecule has 0 radical (unpaired) electrons. The Kier molecular flexibility index (Phi) is 4.62. The van der Waals surface area contributed by atoms with Gasteiger partial charge in [0.2, 0.25) is 0 Å². The molecule has 6 heteroatoms. The number of nitriles is 2. The van der Waals surface area contributed by atoms with Crippen LogP contribution in [0, 0.1) is 28.6 Å². The van der Waals surface area contributed by atoms with Gasteiger partial charge in [-0.2, -0.15) is 10.5 Å². The van der Waals surface area contributed by atoms with Crippen LogP contribution in [-0.4, -0.2) is 18.1 Å². The number of nitrogens with zero attached hydrogens (tertiary/aromatic N) is 3. The van der Waals surface area contributed by atoms with Gasteiger partial charge in [0.05, 0.1) is 17.7 Å². The molecule has 122 valence electrons. The number of hydrogen-bond donors (Lipinski definition) is 2. The SMILES string of the molecule is CC(C)C1=C(C#N)C(c2ccccc2Br)C2=C(N1)N(CC#N)NC2. The Morgan fingerprint density at radius 3 is 2.71 bits per heavy atom. The average molecular weight is 384 g/mol. The van der Waals surface area contributed by atoms with Crippen molar-refractivity contribution in [1.29, 1.82) is 10.5 Å². The van der Waals surface area contributed by atoms with Gasteiger partial charge in [-0.15, -0.1) is 0 Å². The molecule has 1 aromatic carbocycles. The standard InChI is InChI=1S/C18H18BrN5/c1-11(2)17-13(9-21)16(12-5-3-4-6-15(12)19)14-10-22-24(8-7-20)18(14)23-17/h3-6,11,16,22-23H,8,10H2,1-2H3. The van der Waals surface area contributed by atoms with Crippen molar-refractivity contribution in [2.24, 2.45) is 5.92 Å². The summed E-state index contributed by atoms with van der Waals surface area (Å²) in [5, 5.41) is 24.1. The molecule has 0 bridgehead atoms. The monoisotopic (exact) mass is 383 g/mol. The quantitative estimate of drug-likeness (QED) is 0.784. The lowest BCUT2D eigenvalue weighted by Gasteiger charge is -2.32. The van der Waals surface area contributed by atoms with Crippen molar-refractivity contribution < 1.29 is 0 Å². The molecule has 24 heavy (non-hydrogen) atoms. The van der Waals surface area contributed by atoms with Crippen LogP contribution in [0.15, 0.2) is 51.4 Å². The van der Waals surface area contributed by atoms with Gasteiger partial charge in [-0.3, -0.25) is 5.01 Å². The fraction of sp³-hybridized carbons (Fsp3) is 0.333. The summed E-state index contributed by atoms with van der Waals surface area (Å²) in [7, 11) is 0. The first kappa shape index (κ1) is 16.6. The average Bonchev–Trinajstić information content (AvgIpc) is 2.97. The Hall–Kier alpha value is -2.28. The first-order valence-electron chi connectivity index (χ1n) is 7.85. The van der Waals surface area contributed by atoms with Crippen molar-refractivity contribution in [3.8, 4) is 12.1 Å². The predicted octanol–water partition coefficient (Wildman–Crippen LogP) is 3.12. The van der Waals surface area contributed by atoms with Crippen LogP contribution in [0.5, 0.6) is 0 Å². The number of nitrogens with one attached hydrogen (secondary N) is 2. The zero-order chi connectivity index (χ0) is 17.3. The van der Waals surface area contributed by atoms with Crippen LogP contribution in [0.25, 0.3) is 0 Å². The molecule has 1 unspecified atom stereocenters. The van der Waals surface area contributed by atoms with E-state index in [1.807, 2.05) is 29.3 Å². The summed E-state index contributed by atoms with van der Waals surface area (Å²) in [5.74, 6) is 0.971. The van der Waals surface area contributed by atoms with Crippen LogP contribution >= 0.6 is 15.9 Å². The Labute approximate surface area is 150 Å². The predicted molar refractivity (Wildman–Crippen MR) is 94.8 cm³/mol. The molecule has 0 fully saturated rings. The molecule has 5 nitrogen and oxygen atoms in total. The summed E-state index contributed by atoms with van der Waals surface area (Å²) in [6.07, 6.45) is 0. The third-order valence-electron chi connectivity index (χ3n) is 4.36. The van der Waals surface area contributed by atoms with Crippen molar-refractivity contribution in [3.63, 3.8) is 0 Å². The molecule has 3 rings (SSSR count). The normalized spacial score (nSPS) is 19.9. The van der Waals surface area contributed by atoms with E-state index in [0.29, 0.717) is 6.54 Å². The van der Waals surface area contributed by atoms with Crippen molar-refractivity contribution in [3.05, 3.63) is 57.0 Å². The van der Waals surface area contributed by atoms with Gasteiger partial charge in [0.25, 0.3) is 0 Å². The van der Waals surface area contributed by atoms with E-state index in [-0.39, 0.29) is 18.4 Å². The zero-order valence-corrected chi connectivity index (χ0v) is 15.2. The van der Waals surface area contributed by atoms with Gasteiger partial charge in [-0.25, -0.2) is 5.43 Å². The first-order valence-corrected chi connectivity index (χ1v) is 8.64. The van der Waals surface area contributed by atoms with Gasteiger partial charge in [0.1, 0.15) is 12.4 Å². The summed E-state index contributed by atoms with van der Waals surface area (Å²) in [6, 6.07) is 12.6. The second kappa shape index (κ2) is 6.68. The van der Waals surface area contributed by atoms with E-state index in [1.165, 1.54) is 0 Å². The maximum atomic E-state index is 9.85. The zero-order valence-electron chi connectivity index (χ0n) is 13.6. The maximum Gasteiger partial charge on any atom is 0.123 e. The molecule has 2 N–H and O–H groups in total. The summed E-state index contributed by atoms with van der Waals surface area (Å²) in [4.78, 5) is 0. The molecule has 1 atom stereocenters. The van der Waals surface area contributed by atoms with Crippen LogP contribution in [0.3, 0.4) is 0 Å². The topological polar surface area (TPSA) is 74.9 Å². The lowest BCUT2D eigenvalue weighted by molar-refractivity contribution is 0.298. The third kappa shape index (κ3) is 2.69. The number of dihydropyridines is 1. The van der Waals surface area contributed by atoms with Crippen LogP contribution in [0.2, 0.25) is 0 Å². The van der Waals surface area contributed by atoms with E-state index in [2.05, 4.69) is 52.7 Å². The molecule has 0 aliphatic carbocycles. The van der Waals surface area contributed by atoms with E-state index >= 15 is 0 Å². The second-order valence-corrected chi connectivity index (χ2v) is 6.98. The highest BCUT2D eigenvalue weighted by atomic mass is 79.9. The Balaban J connectivity index is 2.18. The molecule has 0 saturated heterocycles. The molecule has 1 aromatic rings. The molecule has 2 aliphatic rings. The highest BCUT2D eigenvalue weighted by Gasteiger charge is 2.38. The van der Waals surface area contributed by atoms with E-state index < -0.39 is 0 Å². The summed E-state index contributed by atoms with van der Waals surface area (Å²) in [6.45, 7) is 5.01.